The zero-order chi connectivity index (χ0) is 31.8. The first-order chi connectivity index (χ1) is 20.9. The van der Waals surface area contributed by atoms with Crippen molar-refractivity contribution in [3.8, 4) is 0 Å². The molecule has 0 bridgehead atoms. The van der Waals surface area contributed by atoms with E-state index >= 15 is 0 Å². The van der Waals surface area contributed by atoms with E-state index in [0.29, 0.717) is 13.0 Å². The molecule has 0 aromatic carbocycles. The third-order valence-corrected chi connectivity index (χ3v) is 8.86. The molecule has 254 valence electrons. The van der Waals surface area contributed by atoms with Gasteiger partial charge in [0.2, 0.25) is 5.91 Å². The summed E-state index contributed by atoms with van der Waals surface area (Å²) in [6.07, 6.45) is 34.1. The van der Waals surface area contributed by atoms with Gasteiger partial charge in [0.05, 0.1) is 0 Å². The van der Waals surface area contributed by atoms with Gasteiger partial charge in [-0.15, -0.1) is 0 Å². The largest absolute Gasteiger partial charge is 0.481 e. The molecule has 0 saturated carbocycles. The third-order valence-electron chi connectivity index (χ3n) is 8.86. The molecule has 1 atom stereocenters. The lowest BCUT2D eigenvalue weighted by molar-refractivity contribution is -0.151. The van der Waals surface area contributed by atoms with Crippen molar-refractivity contribution >= 4 is 17.8 Å². The SMILES string of the molecule is CCCCCCCCCCCCCCCCCCCCCCCC(=O)N(CCCCCCCC)[C@@H](CCC(=O)O)C(=O)O. The summed E-state index contributed by atoms with van der Waals surface area (Å²) in [6, 6.07) is -1.05. The molecule has 0 rings (SSSR count). The van der Waals surface area contributed by atoms with Gasteiger partial charge >= 0.3 is 11.9 Å². The number of carboxylic acid groups (broad SMARTS) is 2. The minimum Gasteiger partial charge on any atom is -0.481 e. The van der Waals surface area contributed by atoms with E-state index in [9.17, 15) is 19.5 Å². The van der Waals surface area contributed by atoms with E-state index in [-0.39, 0.29) is 18.7 Å². The fourth-order valence-corrected chi connectivity index (χ4v) is 6.04. The molecule has 0 aromatic rings. The molecule has 0 fully saturated rings. The van der Waals surface area contributed by atoms with Crippen LogP contribution in [0.5, 0.6) is 0 Å². The molecule has 0 unspecified atom stereocenters. The fourth-order valence-electron chi connectivity index (χ4n) is 6.04. The Morgan fingerprint density at radius 2 is 0.791 bits per heavy atom. The third kappa shape index (κ3) is 27.7. The summed E-state index contributed by atoms with van der Waals surface area (Å²) in [5.41, 5.74) is 0. The number of carbonyl (C=O) groups excluding carboxylic acids is 1. The topological polar surface area (TPSA) is 94.9 Å². The molecule has 6 nitrogen and oxygen atoms in total. The Morgan fingerprint density at radius 3 is 1.12 bits per heavy atom. The molecule has 0 heterocycles. The summed E-state index contributed by atoms with van der Waals surface area (Å²) in [6.45, 7) is 4.85. The molecule has 0 saturated heterocycles. The van der Waals surface area contributed by atoms with Crippen LogP contribution in [-0.4, -0.2) is 45.5 Å². The van der Waals surface area contributed by atoms with Gasteiger partial charge in [0, 0.05) is 19.4 Å². The molecular formula is C37H71NO5. The van der Waals surface area contributed by atoms with Crippen LogP contribution in [0.15, 0.2) is 0 Å². The first-order valence-corrected chi connectivity index (χ1v) is 18.7. The van der Waals surface area contributed by atoms with Crippen molar-refractivity contribution < 1.29 is 24.6 Å². The minimum atomic E-state index is -1.10. The number of aliphatic carboxylic acids is 2. The monoisotopic (exact) mass is 610 g/mol. The standard InChI is InChI=1S/C37H71NO5/c1-3-5-7-9-11-12-13-14-15-16-17-18-19-20-21-22-23-24-25-26-28-30-35(39)38(33-29-27-10-8-6-4-2)34(37(42)43)31-32-36(40)41/h34H,3-33H2,1-2H3,(H,40,41)(H,42,43)/t34-/m0/s1. The van der Waals surface area contributed by atoms with Crippen LogP contribution in [-0.2, 0) is 14.4 Å². The molecular weight excluding hydrogens is 538 g/mol. The quantitative estimate of drug-likeness (QED) is 0.0708. The number of carboxylic acids is 2. The number of nitrogens with zero attached hydrogens (tertiary/aromatic N) is 1. The lowest BCUT2D eigenvalue weighted by Crippen LogP contribution is -2.45. The highest BCUT2D eigenvalue weighted by molar-refractivity contribution is 5.84. The van der Waals surface area contributed by atoms with Crippen molar-refractivity contribution in [1.82, 2.24) is 4.90 Å². The second-order valence-corrected chi connectivity index (χ2v) is 13.0. The van der Waals surface area contributed by atoms with Crippen LogP contribution in [0.1, 0.15) is 206 Å². The van der Waals surface area contributed by atoms with Crippen LogP contribution in [0.25, 0.3) is 0 Å². The van der Waals surface area contributed by atoms with Gasteiger partial charge in [-0.1, -0.05) is 174 Å². The summed E-state index contributed by atoms with van der Waals surface area (Å²) in [5, 5.41) is 18.8. The summed E-state index contributed by atoms with van der Waals surface area (Å²) < 4.78 is 0. The van der Waals surface area contributed by atoms with Crippen LogP contribution < -0.4 is 0 Å². The van der Waals surface area contributed by atoms with Gasteiger partial charge in [0.15, 0.2) is 0 Å². The Hall–Kier alpha value is -1.59. The van der Waals surface area contributed by atoms with Gasteiger partial charge in [-0.3, -0.25) is 9.59 Å². The summed E-state index contributed by atoms with van der Waals surface area (Å²) in [5.74, 6) is -2.26. The van der Waals surface area contributed by atoms with Gasteiger partial charge in [-0.25, -0.2) is 4.79 Å². The average molecular weight is 610 g/mol. The second kappa shape index (κ2) is 31.8. The lowest BCUT2D eigenvalue weighted by Gasteiger charge is -2.29. The van der Waals surface area contributed by atoms with Gasteiger partial charge in [-0.05, 0) is 19.3 Å². The molecule has 1 amide bonds. The van der Waals surface area contributed by atoms with Gasteiger partial charge in [0.1, 0.15) is 6.04 Å². The highest BCUT2D eigenvalue weighted by Crippen LogP contribution is 2.17. The Balaban J connectivity index is 3.91. The van der Waals surface area contributed by atoms with E-state index in [0.717, 1.165) is 44.9 Å². The first kappa shape index (κ1) is 41.4. The molecule has 2 N–H and O–H groups in total. The zero-order valence-corrected chi connectivity index (χ0v) is 28.6. The van der Waals surface area contributed by atoms with E-state index in [4.69, 9.17) is 5.11 Å². The molecule has 0 aliphatic rings. The van der Waals surface area contributed by atoms with E-state index in [2.05, 4.69) is 13.8 Å². The Labute approximate surface area is 266 Å². The van der Waals surface area contributed by atoms with Crippen LogP contribution >= 0.6 is 0 Å². The molecule has 0 aliphatic heterocycles. The lowest BCUT2D eigenvalue weighted by atomic mass is 10.0. The molecule has 0 spiro atoms. The smallest absolute Gasteiger partial charge is 0.326 e. The summed E-state index contributed by atoms with van der Waals surface area (Å²) >= 11 is 0. The van der Waals surface area contributed by atoms with Gasteiger partial charge in [-0.2, -0.15) is 0 Å². The van der Waals surface area contributed by atoms with Crippen LogP contribution in [0.2, 0.25) is 0 Å². The van der Waals surface area contributed by atoms with Crippen molar-refractivity contribution in [2.24, 2.45) is 0 Å². The van der Waals surface area contributed by atoms with Crippen LogP contribution in [0, 0.1) is 0 Å². The zero-order valence-electron chi connectivity index (χ0n) is 28.6. The van der Waals surface area contributed by atoms with E-state index in [1.807, 2.05) is 0 Å². The normalized spacial score (nSPS) is 12.0. The van der Waals surface area contributed by atoms with Crippen molar-refractivity contribution in [3.05, 3.63) is 0 Å². The molecule has 0 radical (unpaired) electrons. The van der Waals surface area contributed by atoms with Crippen molar-refractivity contribution in [1.29, 1.82) is 0 Å². The summed E-state index contributed by atoms with van der Waals surface area (Å²) in [7, 11) is 0. The number of amides is 1. The Kier molecular flexibility index (Phi) is 30.6. The Bertz CT molecular complexity index is 653. The minimum absolute atomic E-state index is 0.0362. The average Bonchev–Trinajstić information content (AvgIpc) is 2.98. The maximum Gasteiger partial charge on any atom is 0.326 e. The van der Waals surface area contributed by atoms with Crippen molar-refractivity contribution in [2.75, 3.05) is 6.54 Å². The number of unbranched alkanes of at least 4 members (excludes halogenated alkanes) is 25. The predicted octanol–water partition coefficient (Wildman–Crippen LogP) is 11.1. The molecule has 43 heavy (non-hydrogen) atoms. The van der Waals surface area contributed by atoms with Crippen molar-refractivity contribution in [2.45, 2.75) is 213 Å². The second-order valence-electron chi connectivity index (χ2n) is 13.0. The van der Waals surface area contributed by atoms with Crippen LogP contribution in [0.4, 0.5) is 0 Å². The molecule has 0 aromatic heterocycles. The fraction of sp³-hybridized carbons (Fsp3) is 0.919. The maximum atomic E-state index is 13.0. The van der Waals surface area contributed by atoms with Crippen molar-refractivity contribution in [3.63, 3.8) is 0 Å². The summed E-state index contributed by atoms with van der Waals surface area (Å²) in [4.78, 5) is 37.4. The highest BCUT2D eigenvalue weighted by atomic mass is 16.4. The van der Waals surface area contributed by atoms with Gasteiger partial charge < -0.3 is 15.1 Å². The van der Waals surface area contributed by atoms with E-state index in [1.165, 1.54) is 133 Å². The van der Waals surface area contributed by atoms with Gasteiger partial charge in [0.25, 0.3) is 0 Å². The maximum absolute atomic E-state index is 13.0. The molecule has 0 aliphatic carbocycles. The van der Waals surface area contributed by atoms with Crippen LogP contribution in [0.3, 0.4) is 0 Å². The molecule has 6 heteroatoms. The number of hydrogen-bond acceptors (Lipinski definition) is 3. The number of rotatable bonds is 34. The first-order valence-electron chi connectivity index (χ1n) is 18.7. The van der Waals surface area contributed by atoms with E-state index < -0.39 is 18.0 Å². The van der Waals surface area contributed by atoms with E-state index in [1.54, 1.807) is 0 Å². The Morgan fingerprint density at radius 1 is 0.465 bits per heavy atom. The number of carbonyl (C=O) groups is 3. The predicted molar refractivity (Wildman–Crippen MR) is 181 cm³/mol. The highest BCUT2D eigenvalue weighted by Gasteiger charge is 2.29. The number of hydrogen-bond donors (Lipinski definition) is 2.